The van der Waals surface area contributed by atoms with E-state index in [1.54, 1.807) is 0 Å². The Morgan fingerprint density at radius 2 is 0.984 bits per heavy atom. The van der Waals surface area contributed by atoms with Crippen LogP contribution in [0.1, 0.15) is 56.7 Å². The van der Waals surface area contributed by atoms with E-state index in [1.165, 1.54) is 82.6 Å². The Balaban J connectivity index is 1.23. The van der Waals surface area contributed by atoms with E-state index in [-0.39, 0.29) is 5.41 Å². The summed E-state index contributed by atoms with van der Waals surface area (Å²) in [6.07, 6.45) is 15.7. The van der Waals surface area contributed by atoms with Gasteiger partial charge in [-0.15, -0.1) is 0 Å². The molecule has 310 valence electrons. The van der Waals surface area contributed by atoms with Crippen LogP contribution in [0, 0.1) is 0 Å². The lowest BCUT2D eigenvalue weighted by molar-refractivity contribution is 0.590. The molecule has 2 aliphatic rings. The maximum Gasteiger partial charge on any atom is 0.0468 e. The van der Waals surface area contributed by atoms with E-state index in [0.717, 1.165) is 48.4 Å². The first-order valence-corrected chi connectivity index (χ1v) is 22.9. The number of allylic oxidation sites excluding steroid dienone is 4. The molecule has 0 spiro atoms. The van der Waals surface area contributed by atoms with Crippen molar-refractivity contribution in [2.75, 3.05) is 9.80 Å². The molecule has 0 aliphatic heterocycles. The van der Waals surface area contributed by atoms with Gasteiger partial charge in [-0.05, 0) is 175 Å². The minimum absolute atomic E-state index is 0.0377. The zero-order valence-corrected chi connectivity index (χ0v) is 36.9. The molecule has 9 aromatic rings. The van der Waals surface area contributed by atoms with Gasteiger partial charge in [0.05, 0.1) is 0 Å². The highest BCUT2D eigenvalue weighted by Crippen LogP contribution is 2.49. The largest absolute Gasteiger partial charge is 0.311 e. The summed E-state index contributed by atoms with van der Waals surface area (Å²) >= 11 is 0. The van der Waals surface area contributed by atoms with Crippen LogP contribution < -0.4 is 9.80 Å². The van der Waals surface area contributed by atoms with Crippen molar-refractivity contribution in [2.45, 2.75) is 51.9 Å². The van der Waals surface area contributed by atoms with Gasteiger partial charge >= 0.3 is 0 Å². The SMILES string of the molecule is CC(C)(C)c1ccc(-c2c3ccc(N(c4ccccc4)c4ccc5c(c4)CCC=C5)cc3c(-c3ccc4ccccc4c3)c3ccc(N(C4=CCCC=C4)c4ccccc4)cc23)cc1. The minimum Gasteiger partial charge on any atom is -0.311 e. The summed E-state index contributed by atoms with van der Waals surface area (Å²) in [4.78, 5) is 4.87. The fourth-order valence-corrected chi connectivity index (χ4v) is 9.96. The second-order valence-electron chi connectivity index (χ2n) is 18.4. The monoisotopic (exact) mass is 824 g/mol. The van der Waals surface area contributed by atoms with Crippen molar-refractivity contribution in [3.63, 3.8) is 0 Å². The highest BCUT2D eigenvalue weighted by atomic mass is 15.1. The summed E-state index contributed by atoms with van der Waals surface area (Å²) in [6.45, 7) is 6.88. The van der Waals surface area contributed by atoms with Crippen LogP contribution in [-0.4, -0.2) is 0 Å². The van der Waals surface area contributed by atoms with E-state index in [2.05, 4.69) is 243 Å². The van der Waals surface area contributed by atoms with Crippen molar-refractivity contribution in [2.24, 2.45) is 0 Å². The van der Waals surface area contributed by atoms with Gasteiger partial charge in [-0.25, -0.2) is 0 Å². The maximum atomic E-state index is 2.46. The molecule has 0 saturated heterocycles. The minimum atomic E-state index is 0.0377. The van der Waals surface area contributed by atoms with E-state index in [0.29, 0.717) is 0 Å². The Kier molecular flexibility index (Phi) is 10.1. The van der Waals surface area contributed by atoms with Crippen LogP contribution in [0.25, 0.3) is 60.6 Å². The molecule has 2 heteroatoms. The summed E-state index contributed by atoms with van der Waals surface area (Å²) in [5, 5.41) is 7.38. The third-order valence-corrected chi connectivity index (χ3v) is 13.2. The fraction of sp³-hybridized carbons (Fsp3) is 0.129. The van der Waals surface area contributed by atoms with Gasteiger partial charge in [-0.3, -0.25) is 0 Å². The first-order valence-electron chi connectivity index (χ1n) is 22.9. The van der Waals surface area contributed by atoms with Crippen molar-refractivity contribution in [1.82, 2.24) is 0 Å². The summed E-state index contributed by atoms with van der Waals surface area (Å²) in [5.74, 6) is 0. The summed E-state index contributed by atoms with van der Waals surface area (Å²) < 4.78 is 0. The number of hydrogen-bond donors (Lipinski definition) is 0. The summed E-state index contributed by atoms with van der Waals surface area (Å²) in [5.41, 5.74) is 15.9. The second kappa shape index (κ2) is 16.4. The first kappa shape index (κ1) is 39.4. The van der Waals surface area contributed by atoms with Gasteiger partial charge in [0.25, 0.3) is 0 Å². The maximum absolute atomic E-state index is 2.46. The highest BCUT2D eigenvalue weighted by Gasteiger charge is 2.24. The number of para-hydroxylation sites is 2. The Morgan fingerprint density at radius 1 is 0.406 bits per heavy atom. The van der Waals surface area contributed by atoms with Crippen LogP contribution >= 0.6 is 0 Å². The van der Waals surface area contributed by atoms with Gasteiger partial charge in [0.1, 0.15) is 0 Å². The van der Waals surface area contributed by atoms with Gasteiger partial charge in [0.2, 0.25) is 0 Å². The Bertz CT molecular complexity index is 3290. The van der Waals surface area contributed by atoms with Gasteiger partial charge in [-0.2, -0.15) is 0 Å². The van der Waals surface area contributed by atoms with Crippen LogP contribution in [0.2, 0.25) is 0 Å². The average Bonchev–Trinajstić information content (AvgIpc) is 3.34. The Labute approximate surface area is 377 Å². The van der Waals surface area contributed by atoms with Crippen LogP contribution in [0.15, 0.2) is 212 Å². The number of nitrogens with zero attached hydrogens (tertiary/aromatic N) is 2. The zero-order valence-electron chi connectivity index (χ0n) is 36.9. The lowest BCUT2D eigenvalue weighted by Gasteiger charge is -2.29. The molecular formula is C62H52N2. The van der Waals surface area contributed by atoms with E-state index >= 15 is 0 Å². The molecule has 0 bridgehead atoms. The Hall–Kier alpha value is -7.42. The number of fused-ring (bicyclic) bond motifs is 4. The lowest BCUT2D eigenvalue weighted by atomic mass is 9.83. The normalized spacial score (nSPS) is 13.6. The molecule has 0 amide bonds. The van der Waals surface area contributed by atoms with Crippen molar-refractivity contribution in [3.8, 4) is 22.3 Å². The van der Waals surface area contributed by atoms with Gasteiger partial charge in [-0.1, -0.05) is 160 Å². The highest BCUT2D eigenvalue weighted by molar-refractivity contribution is 6.23. The van der Waals surface area contributed by atoms with Crippen LogP contribution in [0.3, 0.4) is 0 Å². The quantitative estimate of drug-likeness (QED) is 0.141. The molecule has 0 unspecified atom stereocenters. The predicted octanol–water partition coefficient (Wildman–Crippen LogP) is 17.6. The third-order valence-electron chi connectivity index (χ3n) is 13.2. The van der Waals surface area contributed by atoms with Gasteiger partial charge in [0.15, 0.2) is 0 Å². The van der Waals surface area contributed by atoms with Crippen LogP contribution in [0.5, 0.6) is 0 Å². The molecule has 0 atom stereocenters. The molecule has 0 fully saturated rings. The molecule has 64 heavy (non-hydrogen) atoms. The topological polar surface area (TPSA) is 6.48 Å². The standard InChI is InChI=1S/C62H52N2/c1-62(2,3)49-32-29-45(30-33-49)60-56-37-36-55(64(52-25-11-6-12-26-52)53-34-31-44-18-14-16-20-47(44)40-53)42-59(56)61(48-28-27-43-17-13-15-19-46(43)39-48)57-38-35-54(41-58(57)60)63(50-21-7-4-8-22-50)51-23-9-5-10-24-51/h4,6-9,11-15,17-19,21-42H,5,10,16,20H2,1-3H3. The van der Waals surface area contributed by atoms with Gasteiger partial charge in [0, 0.05) is 34.1 Å². The summed E-state index contributed by atoms with van der Waals surface area (Å²) in [7, 11) is 0. The zero-order chi connectivity index (χ0) is 43.2. The molecule has 9 aromatic carbocycles. The van der Waals surface area contributed by atoms with Crippen molar-refractivity contribution in [1.29, 1.82) is 0 Å². The average molecular weight is 825 g/mol. The number of anilines is 5. The van der Waals surface area contributed by atoms with Crippen LogP contribution in [-0.2, 0) is 11.8 Å². The van der Waals surface area contributed by atoms with Crippen molar-refractivity contribution >= 4 is 66.8 Å². The number of rotatable bonds is 8. The molecule has 0 heterocycles. The molecule has 0 saturated carbocycles. The molecule has 2 aliphatic carbocycles. The Morgan fingerprint density at radius 3 is 1.66 bits per heavy atom. The molecule has 11 rings (SSSR count). The molecule has 0 radical (unpaired) electrons. The molecular weight excluding hydrogens is 773 g/mol. The first-order chi connectivity index (χ1) is 31.4. The van der Waals surface area contributed by atoms with E-state index in [1.807, 2.05) is 0 Å². The fourth-order valence-electron chi connectivity index (χ4n) is 9.96. The molecule has 0 N–H and O–H groups in total. The molecule has 2 nitrogen and oxygen atoms in total. The number of aryl methyl sites for hydroxylation is 1. The lowest BCUT2D eigenvalue weighted by Crippen LogP contribution is -2.16. The van der Waals surface area contributed by atoms with E-state index in [9.17, 15) is 0 Å². The number of benzene rings is 9. The predicted molar refractivity (Wildman–Crippen MR) is 276 cm³/mol. The second-order valence-corrected chi connectivity index (χ2v) is 18.4. The third kappa shape index (κ3) is 7.29. The van der Waals surface area contributed by atoms with Crippen LogP contribution in [0.4, 0.5) is 28.4 Å². The smallest absolute Gasteiger partial charge is 0.0468 e. The van der Waals surface area contributed by atoms with E-state index in [4.69, 9.17) is 0 Å². The van der Waals surface area contributed by atoms with Crippen molar-refractivity contribution in [3.05, 3.63) is 229 Å². The van der Waals surface area contributed by atoms with Gasteiger partial charge < -0.3 is 9.80 Å². The molecule has 0 aromatic heterocycles. The number of hydrogen-bond acceptors (Lipinski definition) is 2. The summed E-state index contributed by atoms with van der Waals surface area (Å²) in [6, 6.07) is 68.1. The van der Waals surface area contributed by atoms with E-state index < -0.39 is 0 Å². The van der Waals surface area contributed by atoms with Crippen molar-refractivity contribution < 1.29 is 0 Å².